The van der Waals surface area contributed by atoms with Crippen LogP contribution < -0.4 is 0 Å². The first-order chi connectivity index (χ1) is 12.4. The summed E-state index contributed by atoms with van der Waals surface area (Å²) in [6.07, 6.45) is 8.95. The van der Waals surface area contributed by atoms with Gasteiger partial charge in [0.15, 0.2) is 5.78 Å². The van der Waals surface area contributed by atoms with Crippen molar-refractivity contribution in [3.05, 3.63) is 0 Å². The third kappa shape index (κ3) is 1.95. The summed E-state index contributed by atoms with van der Waals surface area (Å²) in [6, 6.07) is 0. The van der Waals surface area contributed by atoms with Crippen LogP contribution in [0.5, 0.6) is 0 Å². The highest BCUT2D eigenvalue weighted by Crippen LogP contribution is 2.72. The summed E-state index contributed by atoms with van der Waals surface area (Å²) >= 11 is 0. The molecule has 0 aromatic carbocycles. The van der Waals surface area contributed by atoms with E-state index >= 15 is 0 Å². The molecule has 8 atom stereocenters. The van der Waals surface area contributed by atoms with Crippen molar-refractivity contribution in [2.24, 2.45) is 28.6 Å². The Morgan fingerprint density at radius 2 is 1.92 bits per heavy atom. The lowest BCUT2D eigenvalue weighted by atomic mass is 9.45. The second-order valence-electron chi connectivity index (χ2n) is 10.1. The van der Waals surface area contributed by atoms with Gasteiger partial charge in [0.2, 0.25) is 0 Å². The lowest BCUT2D eigenvalue weighted by molar-refractivity contribution is -0.163. The number of ketones is 1. The molecule has 1 aliphatic heterocycles. The van der Waals surface area contributed by atoms with E-state index in [0.717, 1.165) is 25.7 Å². The van der Waals surface area contributed by atoms with Crippen LogP contribution >= 0.6 is 0 Å². The number of rotatable bonds is 2. The van der Waals surface area contributed by atoms with Crippen LogP contribution in [0.15, 0.2) is 0 Å². The molecule has 5 rings (SSSR count). The number of carbonyl (C=O) groups excluding carboxylic acids is 2. The van der Waals surface area contributed by atoms with E-state index in [1.807, 2.05) is 6.92 Å². The highest BCUT2D eigenvalue weighted by molar-refractivity contribution is 5.88. The molecule has 4 aliphatic carbocycles. The first-order valence-corrected chi connectivity index (χ1v) is 10.8. The van der Waals surface area contributed by atoms with Crippen LogP contribution in [0.2, 0.25) is 0 Å². The second kappa shape index (κ2) is 5.33. The molecular weight excluding hydrogens is 328 g/mol. The molecule has 0 bridgehead atoms. The smallest absolute Gasteiger partial charge is 0.305 e. The van der Waals surface area contributed by atoms with E-state index in [4.69, 9.17) is 9.47 Å². The predicted molar refractivity (Wildman–Crippen MR) is 96.4 cm³/mol. The van der Waals surface area contributed by atoms with E-state index in [1.54, 1.807) is 0 Å². The largest absolute Gasteiger partial charge is 0.462 e. The van der Waals surface area contributed by atoms with Gasteiger partial charge in [-0.1, -0.05) is 20.8 Å². The molecule has 1 heterocycles. The molecule has 144 valence electrons. The summed E-state index contributed by atoms with van der Waals surface area (Å²) < 4.78 is 12.0. The van der Waals surface area contributed by atoms with Gasteiger partial charge in [0, 0.05) is 23.7 Å². The van der Waals surface area contributed by atoms with Gasteiger partial charge in [-0.2, -0.15) is 0 Å². The minimum absolute atomic E-state index is 0.0476. The molecule has 1 saturated heterocycles. The highest BCUT2D eigenvalue weighted by Gasteiger charge is 2.76. The standard InChI is InChI=1S/C22H32O4/c1-4-18(24)25-17-6-5-14-13-7-12-22-19(26-22)16(23)9-11-21(22,3)15(13)8-10-20(14,17)2/h13-15,17,19H,4-12H2,1-3H3. The molecule has 4 heteroatoms. The van der Waals surface area contributed by atoms with Crippen molar-refractivity contribution in [3.63, 3.8) is 0 Å². The number of hydrogen-bond acceptors (Lipinski definition) is 4. The molecule has 0 amide bonds. The van der Waals surface area contributed by atoms with Crippen molar-refractivity contribution in [2.75, 3.05) is 0 Å². The van der Waals surface area contributed by atoms with Gasteiger partial charge in [0.1, 0.15) is 17.8 Å². The zero-order chi connectivity index (χ0) is 18.3. The maximum absolute atomic E-state index is 12.2. The molecule has 8 unspecified atom stereocenters. The molecule has 0 N–H and O–H groups in total. The van der Waals surface area contributed by atoms with Crippen LogP contribution in [-0.4, -0.2) is 29.6 Å². The summed E-state index contributed by atoms with van der Waals surface area (Å²) in [4.78, 5) is 24.1. The minimum atomic E-state index is -0.135. The zero-order valence-corrected chi connectivity index (χ0v) is 16.4. The van der Waals surface area contributed by atoms with Crippen LogP contribution in [0.25, 0.3) is 0 Å². The molecule has 0 aromatic heterocycles. The number of hydrogen-bond donors (Lipinski definition) is 0. The minimum Gasteiger partial charge on any atom is -0.462 e. The number of esters is 1. The third-order valence-corrected chi connectivity index (χ3v) is 9.42. The Morgan fingerprint density at radius 3 is 2.69 bits per heavy atom. The number of fused-ring (bicyclic) bond motifs is 4. The Bertz CT molecular complexity index is 659. The fraction of sp³-hybridized carbons (Fsp3) is 0.909. The molecule has 0 aromatic rings. The van der Waals surface area contributed by atoms with Crippen LogP contribution in [0, 0.1) is 28.6 Å². The lowest BCUT2D eigenvalue weighted by Gasteiger charge is -2.59. The molecular formula is C22H32O4. The summed E-state index contributed by atoms with van der Waals surface area (Å²) in [5.41, 5.74) is 0.166. The summed E-state index contributed by atoms with van der Waals surface area (Å²) in [5, 5.41) is 0. The van der Waals surface area contributed by atoms with Crippen molar-refractivity contribution in [1.82, 2.24) is 0 Å². The van der Waals surface area contributed by atoms with Crippen LogP contribution in [0.1, 0.15) is 78.6 Å². The normalized spacial score (nSPS) is 54.6. The fourth-order valence-corrected chi connectivity index (χ4v) is 7.89. The van der Waals surface area contributed by atoms with E-state index in [2.05, 4.69) is 13.8 Å². The maximum atomic E-state index is 12.2. The van der Waals surface area contributed by atoms with Gasteiger partial charge in [0.05, 0.1) is 0 Å². The topological polar surface area (TPSA) is 55.9 Å². The maximum Gasteiger partial charge on any atom is 0.305 e. The number of epoxide rings is 1. The van der Waals surface area contributed by atoms with Crippen molar-refractivity contribution in [1.29, 1.82) is 0 Å². The summed E-state index contributed by atoms with van der Waals surface area (Å²) in [5.74, 6) is 2.31. The van der Waals surface area contributed by atoms with E-state index in [0.29, 0.717) is 36.4 Å². The molecule has 5 fully saturated rings. The molecule has 4 saturated carbocycles. The van der Waals surface area contributed by atoms with Crippen LogP contribution in [0.4, 0.5) is 0 Å². The summed E-state index contributed by atoms with van der Waals surface area (Å²) in [6.45, 7) is 6.68. The second-order valence-corrected chi connectivity index (χ2v) is 10.1. The number of Topliss-reactive ketones (excluding diaryl/α,β-unsaturated/α-hetero) is 1. The molecule has 4 nitrogen and oxygen atoms in total. The molecule has 0 radical (unpaired) electrons. The Kier molecular flexibility index (Phi) is 3.53. The zero-order valence-electron chi connectivity index (χ0n) is 16.4. The van der Waals surface area contributed by atoms with Crippen molar-refractivity contribution < 1.29 is 19.1 Å². The van der Waals surface area contributed by atoms with Gasteiger partial charge < -0.3 is 9.47 Å². The average molecular weight is 360 g/mol. The van der Waals surface area contributed by atoms with E-state index in [-0.39, 0.29) is 34.6 Å². The summed E-state index contributed by atoms with van der Waals surface area (Å²) in [7, 11) is 0. The predicted octanol–water partition coefficient (Wildman–Crippen LogP) is 4.05. The highest BCUT2D eigenvalue weighted by atomic mass is 16.6. The molecule has 26 heavy (non-hydrogen) atoms. The number of carbonyl (C=O) groups is 2. The Morgan fingerprint density at radius 1 is 1.12 bits per heavy atom. The SMILES string of the molecule is CCC(=O)OC1CCC2C3CCC45OC4C(=O)CCC5(C)C3CCC12C. The Balaban J connectivity index is 1.41. The number of ether oxygens (including phenoxy) is 2. The van der Waals surface area contributed by atoms with Gasteiger partial charge in [-0.3, -0.25) is 9.59 Å². The van der Waals surface area contributed by atoms with Crippen molar-refractivity contribution in [3.8, 4) is 0 Å². The Labute approximate surface area is 156 Å². The van der Waals surface area contributed by atoms with Crippen molar-refractivity contribution >= 4 is 11.8 Å². The quantitative estimate of drug-likeness (QED) is 0.551. The van der Waals surface area contributed by atoms with E-state index < -0.39 is 0 Å². The van der Waals surface area contributed by atoms with E-state index in [9.17, 15) is 9.59 Å². The Hall–Kier alpha value is -0.900. The first kappa shape index (κ1) is 17.2. The first-order valence-electron chi connectivity index (χ1n) is 10.8. The van der Waals surface area contributed by atoms with Crippen LogP contribution in [-0.2, 0) is 19.1 Å². The van der Waals surface area contributed by atoms with Gasteiger partial charge in [0.25, 0.3) is 0 Å². The van der Waals surface area contributed by atoms with Gasteiger partial charge in [-0.25, -0.2) is 0 Å². The van der Waals surface area contributed by atoms with Crippen LogP contribution in [0.3, 0.4) is 0 Å². The fourth-order valence-electron chi connectivity index (χ4n) is 7.89. The average Bonchev–Trinajstić information content (AvgIpc) is 3.29. The van der Waals surface area contributed by atoms with Gasteiger partial charge in [-0.15, -0.1) is 0 Å². The third-order valence-electron chi connectivity index (χ3n) is 9.42. The lowest BCUT2D eigenvalue weighted by Crippen LogP contribution is -2.58. The monoisotopic (exact) mass is 360 g/mol. The van der Waals surface area contributed by atoms with Gasteiger partial charge >= 0.3 is 5.97 Å². The van der Waals surface area contributed by atoms with E-state index in [1.165, 1.54) is 19.3 Å². The van der Waals surface area contributed by atoms with Gasteiger partial charge in [-0.05, 0) is 62.7 Å². The van der Waals surface area contributed by atoms with Crippen molar-refractivity contribution in [2.45, 2.75) is 96.4 Å². The molecule has 1 spiro atoms. The molecule has 5 aliphatic rings.